The number of nitrogens with zero attached hydrogens (tertiary/aromatic N) is 1. The Kier molecular flexibility index (Phi) is 4.17. The maximum Gasteiger partial charge on any atom is 0.122 e. The van der Waals surface area contributed by atoms with Gasteiger partial charge < -0.3 is 5.32 Å². The average molecular weight is 202 g/mol. The third-order valence-electron chi connectivity index (χ3n) is 2.47. The third kappa shape index (κ3) is 3.63. The van der Waals surface area contributed by atoms with Gasteiger partial charge in [0.25, 0.3) is 0 Å². The van der Waals surface area contributed by atoms with Crippen LogP contribution >= 0.6 is 0 Å². The van der Waals surface area contributed by atoms with Crippen molar-refractivity contribution in [3.05, 3.63) is 30.3 Å². The van der Waals surface area contributed by atoms with Gasteiger partial charge in [0.2, 0.25) is 0 Å². The Bertz CT molecular complexity index is 326. The van der Waals surface area contributed by atoms with Crippen molar-refractivity contribution in [2.24, 2.45) is 0 Å². The van der Waals surface area contributed by atoms with Crippen LogP contribution in [0.25, 0.3) is 0 Å². The highest BCUT2D eigenvalue weighted by molar-refractivity contribution is 5.46. The first-order chi connectivity index (χ1) is 7.20. The fourth-order valence-electron chi connectivity index (χ4n) is 1.52. The van der Waals surface area contributed by atoms with Crippen LogP contribution in [0.5, 0.6) is 0 Å². The lowest BCUT2D eigenvalue weighted by Gasteiger charge is -2.24. The summed E-state index contributed by atoms with van der Waals surface area (Å²) in [5.74, 6) is 0. The van der Waals surface area contributed by atoms with Gasteiger partial charge in [-0.25, -0.2) is 0 Å². The van der Waals surface area contributed by atoms with Crippen LogP contribution in [0.3, 0.4) is 0 Å². The molecule has 0 aromatic heterocycles. The van der Waals surface area contributed by atoms with Crippen LogP contribution in [0.4, 0.5) is 5.69 Å². The molecule has 0 spiro atoms. The summed E-state index contributed by atoms with van der Waals surface area (Å²) in [6.45, 7) is 4.09. The third-order valence-corrected chi connectivity index (χ3v) is 2.47. The van der Waals surface area contributed by atoms with E-state index in [0.29, 0.717) is 0 Å². The van der Waals surface area contributed by atoms with Crippen LogP contribution in [-0.4, -0.2) is 5.54 Å². The van der Waals surface area contributed by atoms with Gasteiger partial charge in [0.1, 0.15) is 5.54 Å². The van der Waals surface area contributed by atoms with Crippen molar-refractivity contribution in [1.29, 1.82) is 5.26 Å². The fourth-order valence-corrected chi connectivity index (χ4v) is 1.52. The van der Waals surface area contributed by atoms with Crippen molar-refractivity contribution in [1.82, 2.24) is 0 Å². The molecule has 2 nitrogen and oxygen atoms in total. The molecule has 0 aliphatic rings. The zero-order chi connectivity index (χ0) is 11.1. The molecular formula is C13H18N2. The van der Waals surface area contributed by atoms with Gasteiger partial charge in [0.15, 0.2) is 0 Å². The van der Waals surface area contributed by atoms with Crippen molar-refractivity contribution in [2.75, 3.05) is 5.32 Å². The first-order valence-corrected chi connectivity index (χ1v) is 5.44. The summed E-state index contributed by atoms with van der Waals surface area (Å²) < 4.78 is 0. The minimum absolute atomic E-state index is 0.447. The van der Waals surface area contributed by atoms with Crippen molar-refractivity contribution in [3.63, 3.8) is 0 Å². The monoisotopic (exact) mass is 202 g/mol. The molecule has 1 unspecified atom stereocenters. The van der Waals surface area contributed by atoms with Gasteiger partial charge in [-0.05, 0) is 25.5 Å². The topological polar surface area (TPSA) is 35.8 Å². The molecule has 0 bridgehead atoms. The molecule has 0 fully saturated rings. The molecule has 1 N–H and O–H groups in total. The number of hydrogen-bond acceptors (Lipinski definition) is 2. The van der Waals surface area contributed by atoms with Crippen molar-refractivity contribution in [2.45, 2.75) is 38.6 Å². The highest BCUT2D eigenvalue weighted by Gasteiger charge is 2.22. The van der Waals surface area contributed by atoms with Gasteiger partial charge in [0, 0.05) is 5.69 Å². The van der Waals surface area contributed by atoms with Gasteiger partial charge in [-0.3, -0.25) is 0 Å². The first kappa shape index (κ1) is 11.6. The van der Waals surface area contributed by atoms with Gasteiger partial charge in [-0.15, -0.1) is 0 Å². The fraction of sp³-hybridized carbons (Fsp3) is 0.462. The number of hydrogen-bond donors (Lipinski definition) is 1. The lowest BCUT2D eigenvalue weighted by atomic mass is 9.96. The zero-order valence-electron chi connectivity index (χ0n) is 9.46. The number of unbranched alkanes of at least 4 members (excludes halogenated alkanes) is 1. The van der Waals surface area contributed by atoms with E-state index in [-0.39, 0.29) is 0 Å². The summed E-state index contributed by atoms with van der Waals surface area (Å²) >= 11 is 0. The second-order valence-electron chi connectivity index (χ2n) is 4.04. The largest absolute Gasteiger partial charge is 0.368 e. The lowest BCUT2D eigenvalue weighted by Crippen LogP contribution is -2.32. The van der Waals surface area contributed by atoms with Crippen molar-refractivity contribution in [3.8, 4) is 6.07 Å². The van der Waals surface area contributed by atoms with E-state index in [2.05, 4.69) is 18.3 Å². The SMILES string of the molecule is CCCCC(C)(C#N)Nc1ccccc1. The molecule has 1 atom stereocenters. The average Bonchev–Trinajstić information content (AvgIpc) is 2.28. The van der Waals surface area contributed by atoms with Crippen molar-refractivity contribution < 1.29 is 0 Å². The highest BCUT2D eigenvalue weighted by Crippen LogP contribution is 2.19. The predicted octanol–water partition coefficient (Wildman–Crippen LogP) is 3.57. The maximum absolute atomic E-state index is 9.16. The molecule has 80 valence electrons. The van der Waals surface area contributed by atoms with Crippen LogP contribution in [0.2, 0.25) is 0 Å². The van der Waals surface area contributed by atoms with E-state index in [1.54, 1.807) is 0 Å². The molecule has 0 aliphatic carbocycles. The molecule has 0 radical (unpaired) electrons. The second kappa shape index (κ2) is 5.41. The minimum Gasteiger partial charge on any atom is -0.368 e. The Balaban J connectivity index is 2.65. The summed E-state index contributed by atoms with van der Waals surface area (Å²) in [4.78, 5) is 0. The normalized spacial score (nSPS) is 13.9. The van der Waals surface area contributed by atoms with E-state index in [1.165, 1.54) is 0 Å². The second-order valence-corrected chi connectivity index (χ2v) is 4.04. The molecule has 1 aromatic carbocycles. The lowest BCUT2D eigenvalue weighted by molar-refractivity contribution is 0.553. The quantitative estimate of drug-likeness (QED) is 0.792. The summed E-state index contributed by atoms with van der Waals surface area (Å²) in [7, 11) is 0. The zero-order valence-corrected chi connectivity index (χ0v) is 9.46. The molecular weight excluding hydrogens is 184 g/mol. The Morgan fingerprint density at radius 2 is 2.00 bits per heavy atom. The van der Waals surface area contributed by atoms with E-state index in [4.69, 9.17) is 5.26 Å². The number of benzene rings is 1. The van der Waals surface area contributed by atoms with Crippen LogP contribution in [0.1, 0.15) is 33.1 Å². The predicted molar refractivity (Wildman–Crippen MR) is 63.6 cm³/mol. The molecule has 0 amide bonds. The Morgan fingerprint density at radius 1 is 1.33 bits per heavy atom. The number of nitriles is 1. The Labute approximate surface area is 91.9 Å². The number of anilines is 1. The smallest absolute Gasteiger partial charge is 0.122 e. The van der Waals surface area contributed by atoms with E-state index in [9.17, 15) is 0 Å². The Hall–Kier alpha value is -1.49. The van der Waals surface area contributed by atoms with Gasteiger partial charge >= 0.3 is 0 Å². The van der Waals surface area contributed by atoms with E-state index < -0.39 is 5.54 Å². The number of nitrogens with one attached hydrogen (secondary N) is 1. The maximum atomic E-state index is 9.16. The molecule has 0 saturated heterocycles. The first-order valence-electron chi connectivity index (χ1n) is 5.44. The van der Waals surface area contributed by atoms with Gasteiger partial charge in [0.05, 0.1) is 6.07 Å². The van der Waals surface area contributed by atoms with E-state index in [0.717, 1.165) is 24.9 Å². The molecule has 1 aromatic rings. The number of para-hydroxylation sites is 1. The van der Waals surface area contributed by atoms with Crippen molar-refractivity contribution >= 4 is 5.69 Å². The summed E-state index contributed by atoms with van der Waals surface area (Å²) in [6.07, 6.45) is 3.08. The van der Waals surface area contributed by atoms with E-state index in [1.807, 2.05) is 37.3 Å². The molecule has 0 heterocycles. The molecule has 15 heavy (non-hydrogen) atoms. The van der Waals surface area contributed by atoms with Crippen LogP contribution in [-0.2, 0) is 0 Å². The molecule has 0 aliphatic heterocycles. The van der Waals surface area contributed by atoms with E-state index >= 15 is 0 Å². The minimum atomic E-state index is -0.447. The summed E-state index contributed by atoms with van der Waals surface area (Å²) in [6, 6.07) is 12.2. The molecule has 2 heteroatoms. The molecule has 1 rings (SSSR count). The van der Waals surface area contributed by atoms with Gasteiger partial charge in [-0.2, -0.15) is 5.26 Å². The number of rotatable bonds is 5. The van der Waals surface area contributed by atoms with Crippen LogP contribution < -0.4 is 5.32 Å². The van der Waals surface area contributed by atoms with Gasteiger partial charge in [-0.1, -0.05) is 38.0 Å². The summed E-state index contributed by atoms with van der Waals surface area (Å²) in [5, 5.41) is 12.4. The summed E-state index contributed by atoms with van der Waals surface area (Å²) in [5.41, 5.74) is 0.565. The highest BCUT2D eigenvalue weighted by atomic mass is 15.0. The van der Waals surface area contributed by atoms with Crippen LogP contribution in [0, 0.1) is 11.3 Å². The standard InChI is InChI=1S/C13H18N2/c1-3-4-10-13(2,11-14)15-12-8-6-5-7-9-12/h5-9,15H,3-4,10H2,1-2H3. The van der Waals surface area contributed by atoms with Crippen LogP contribution in [0.15, 0.2) is 30.3 Å². The molecule has 0 saturated carbocycles. The Morgan fingerprint density at radius 3 is 2.53 bits per heavy atom.